The highest BCUT2D eigenvalue weighted by Crippen LogP contribution is 2.25. The van der Waals surface area contributed by atoms with E-state index in [9.17, 15) is 24.6 Å². The highest BCUT2D eigenvalue weighted by atomic mass is 16.5. The van der Waals surface area contributed by atoms with Crippen molar-refractivity contribution in [1.82, 2.24) is 5.32 Å². The summed E-state index contributed by atoms with van der Waals surface area (Å²) in [6, 6.07) is 0. The van der Waals surface area contributed by atoms with E-state index < -0.39 is 36.1 Å². The molecule has 5 unspecified atom stereocenters. The molecule has 5 atom stereocenters. The van der Waals surface area contributed by atoms with Crippen LogP contribution in [0, 0.1) is 11.8 Å². The van der Waals surface area contributed by atoms with E-state index in [4.69, 9.17) is 4.74 Å². The van der Waals surface area contributed by atoms with E-state index >= 15 is 0 Å². The Morgan fingerprint density at radius 1 is 1.03 bits per heavy atom. The van der Waals surface area contributed by atoms with Crippen molar-refractivity contribution in [3.8, 4) is 0 Å². The Balaban J connectivity index is 2.49. The van der Waals surface area contributed by atoms with Crippen LogP contribution in [0.25, 0.3) is 0 Å². The SMILES string of the molecule is CC(=O)NCC=C(C)C=CC(O)CC=C(C)C=CC(O)CC1OC(=O)C(C)C(=O)C1C. The molecule has 1 amide bonds. The van der Waals surface area contributed by atoms with E-state index in [1.165, 1.54) is 13.8 Å². The minimum atomic E-state index is -0.856. The van der Waals surface area contributed by atoms with E-state index in [1.807, 2.05) is 26.0 Å². The quantitative estimate of drug-likeness (QED) is 0.277. The third-order valence-electron chi connectivity index (χ3n) is 5.15. The first-order valence-corrected chi connectivity index (χ1v) is 10.6. The molecule has 0 aliphatic carbocycles. The number of allylic oxidation sites excluding steroid dienone is 4. The molecule has 1 rings (SSSR count). The largest absolute Gasteiger partial charge is 0.461 e. The number of aliphatic hydroxyl groups is 2. The van der Waals surface area contributed by atoms with Crippen LogP contribution in [-0.4, -0.2) is 52.7 Å². The molecule has 0 spiro atoms. The van der Waals surface area contributed by atoms with Crippen LogP contribution in [0.15, 0.2) is 47.6 Å². The van der Waals surface area contributed by atoms with Crippen molar-refractivity contribution in [3.63, 3.8) is 0 Å². The second kappa shape index (κ2) is 13.0. The van der Waals surface area contributed by atoms with Crippen molar-refractivity contribution >= 4 is 17.7 Å². The number of esters is 1. The van der Waals surface area contributed by atoms with Crippen molar-refractivity contribution < 1.29 is 29.3 Å². The maximum absolute atomic E-state index is 12.1. The standard InChI is InChI=1S/C24H35NO6/c1-15(6-9-20(27)10-7-16(2)12-13-25-19(5)26)8-11-21(28)14-22-17(3)23(29)18(4)24(30)31-22/h6-8,10-12,17-18,20-22,27-28H,9,13-14H2,1-5H3,(H,25,26). The Kier molecular flexibility index (Phi) is 11.1. The van der Waals surface area contributed by atoms with Gasteiger partial charge in [0.05, 0.1) is 18.1 Å². The van der Waals surface area contributed by atoms with Gasteiger partial charge in [0.1, 0.15) is 12.0 Å². The van der Waals surface area contributed by atoms with Crippen LogP contribution in [0.3, 0.4) is 0 Å². The Morgan fingerprint density at radius 3 is 2.23 bits per heavy atom. The van der Waals surface area contributed by atoms with Gasteiger partial charge in [0.25, 0.3) is 0 Å². The minimum absolute atomic E-state index is 0.0933. The number of rotatable bonds is 10. The van der Waals surface area contributed by atoms with Gasteiger partial charge in [-0.1, -0.05) is 54.5 Å². The van der Waals surface area contributed by atoms with Gasteiger partial charge in [-0.2, -0.15) is 0 Å². The second-order valence-electron chi connectivity index (χ2n) is 8.05. The van der Waals surface area contributed by atoms with Crippen molar-refractivity contribution in [3.05, 3.63) is 47.6 Å². The van der Waals surface area contributed by atoms with Gasteiger partial charge in [-0.3, -0.25) is 14.4 Å². The molecule has 172 valence electrons. The molecular formula is C24H35NO6. The van der Waals surface area contributed by atoms with Gasteiger partial charge >= 0.3 is 5.97 Å². The van der Waals surface area contributed by atoms with Crippen molar-refractivity contribution in [2.45, 2.75) is 65.8 Å². The number of carbonyl (C=O) groups is 3. The lowest BCUT2D eigenvalue weighted by molar-refractivity contribution is -0.170. The summed E-state index contributed by atoms with van der Waals surface area (Å²) in [5.41, 5.74) is 1.80. The number of amides is 1. The Labute approximate surface area is 184 Å². The van der Waals surface area contributed by atoms with E-state index in [0.717, 1.165) is 11.1 Å². The number of nitrogens with one attached hydrogen (secondary N) is 1. The summed E-state index contributed by atoms with van der Waals surface area (Å²) in [7, 11) is 0. The normalized spacial score (nSPS) is 25.1. The molecule has 0 aromatic heterocycles. The number of hydrogen-bond donors (Lipinski definition) is 3. The zero-order chi connectivity index (χ0) is 23.6. The molecule has 0 radical (unpaired) electrons. The van der Waals surface area contributed by atoms with E-state index in [0.29, 0.717) is 13.0 Å². The minimum Gasteiger partial charge on any atom is -0.461 e. The summed E-state index contributed by atoms with van der Waals surface area (Å²) in [6.45, 7) is 8.89. The number of carbonyl (C=O) groups excluding carboxylic acids is 3. The fraction of sp³-hybridized carbons (Fsp3) is 0.542. The Hall–Kier alpha value is -2.51. The summed E-state index contributed by atoms with van der Waals surface area (Å²) in [4.78, 5) is 34.6. The predicted molar refractivity (Wildman–Crippen MR) is 119 cm³/mol. The molecule has 1 aliphatic rings. The zero-order valence-electron chi connectivity index (χ0n) is 19.0. The molecule has 0 saturated carbocycles. The van der Waals surface area contributed by atoms with Crippen molar-refractivity contribution in [2.75, 3.05) is 6.54 Å². The van der Waals surface area contributed by atoms with Gasteiger partial charge in [0, 0.05) is 19.9 Å². The Morgan fingerprint density at radius 2 is 1.61 bits per heavy atom. The van der Waals surface area contributed by atoms with Crippen LogP contribution in [0.2, 0.25) is 0 Å². The molecule has 1 saturated heterocycles. The first-order valence-electron chi connectivity index (χ1n) is 10.6. The van der Waals surface area contributed by atoms with Gasteiger partial charge in [0.15, 0.2) is 5.78 Å². The summed E-state index contributed by atoms with van der Waals surface area (Å²) >= 11 is 0. The lowest BCUT2D eigenvalue weighted by atomic mass is 9.86. The van der Waals surface area contributed by atoms with Crippen LogP contribution in [0.5, 0.6) is 0 Å². The number of ketones is 1. The first-order chi connectivity index (χ1) is 14.5. The molecule has 7 nitrogen and oxygen atoms in total. The molecule has 0 aromatic carbocycles. The first kappa shape index (κ1) is 26.5. The van der Waals surface area contributed by atoms with Crippen LogP contribution in [0.4, 0.5) is 0 Å². The van der Waals surface area contributed by atoms with Gasteiger partial charge < -0.3 is 20.3 Å². The molecule has 1 heterocycles. The van der Waals surface area contributed by atoms with Gasteiger partial charge in [-0.25, -0.2) is 0 Å². The molecule has 3 N–H and O–H groups in total. The lowest BCUT2D eigenvalue weighted by Crippen LogP contribution is -2.44. The van der Waals surface area contributed by atoms with Crippen molar-refractivity contribution in [2.24, 2.45) is 11.8 Å². The number of hydrogen-bond acceptors (Lipinski definition) is 6. The molecule has 0 bridgehead atoms. The fourth-order valence-corrected chi connectivity index (χ4v) is 3.02. The highest BCUT2D eigenvalue weighted by Gasteiger charge is 2.40. The molecule has 1 aliphatic heterocycles. The Bertz CT molecular complexity index is 764. The van der Waals surface area contributed by atoms with Gasteiger partial charge in [-0.05, 0) is 27.2 Å². The smallest absolute Gasteiger partial charge is 0.316 e. The van der Waals surface area contributed by atoms with Crippen LogP contribution >= 0.6 is 0 Å². The molecule has 7 heteroatoms. The average molecular weight is 434 g/mol. The van der Waals surface area contributed by atoms with Crippen LogP contribution in [-0.2, 0) is 19.1 Å². The molecule has 31 heavy (non-hydrogen) atoms. The molecular weight excluding hydrogens is 398 g/mol. The van der Waals surface area contributed by atoms with E-state index in [-0.39, 0.29) is 18.1 Å². The zero-order valence-corrected chi connectivity index (χ0v) is 19.0. The third kappa shape index (κ3) is 9.89. The molecule has 1 fully saturated rings. The van der Waals surface area contributed by atoms with Crippen LogP contribution < -0.4 is 5.32 Å². The van der Waals surface area contributed by atoms with E-state index in [2.05, 4.69) is 5.32 Å². The lowest BCUT2D eigenvalue weighted by Gasteiger charge is -2.31. The van der Waals surface area contributed by atoms with Gasteiger partial charge in [-0.15, -0.1) is 0 Å². The maximum atomic E-state index is 12.1. The summed E-state index contributed by atoms with van der Waals surface area (Å²) < 4.78 is 5.29. The number of Topliss-reactive ketones (excluding diaryl/α,β-unsaturated/α-hetero) is 1. The summed E-state index contributed by atoms with van der Waals surface area (Å²) in [5.74, 6) is -1.98. The van der Waals surface area contributed by atoms with Crippen LogP contribution in [0.1, 0.15) is 47.5 Å². The number of ether oxygens (including phenoxy) is 1. The monoisotopic (exact) mass is 433 g/mol. The summed E-state index contributed by atoms with van der Waals surface area (Å²) in [6.07, 6.45) is 8.93. The molecule has 0 aromatic rings. The van der Waals surface area contributed by atoms with Crippen molar-refractivity contribution in [1.29, 1.82) is 0 Å². The van der Waals surface area contributed by atoms with Gasteiger partial charge in [0.2, 0.25) is 5.91 Å². The fourth-order valence-electron chi connectivity index (χ4n) is 3.02. The highest BCUT2D eigenvalue weighted by molar-refractivity contribution is 6.01. The number of aliphatic hydroxyl groups excluding tert-OH is 2. The topological polar surface area (TPSA) is 113 Å². The summed E-state index contributed by atoms with van der Waals surface area (Å²) in [5, 5.41) is 23.0. The second-order valence-corrected chi connectivity index (χ2v) is 8.05. The maximum Gasteiger partial charge on any atom is 0.316 e. The third-order valence-corrected chi connectivity index (χ3v) is 5.15. The number of cyclic esters (lactones) is 1. The van der Waals surface area contributed by atoms with E-state index in [1.54, 1.807) is 31.2 Å². The predicted octanol–water partition coefficient (Wildman–Crippen LogP) is 2.40. The average Bonchev–Trinajstić information content (AvgIpc) is 2.71.